The van der Waals surface area contributed by atoms with E-state index in [1.165, 1.54) is 65.9 Å². The zero-order valence-corrected chi connectivity index (χ0v) is 32.1. The maximum Gasteiger partial charge on any atom is 0.137 e. The number of hydrogen-bond donors (Lipinski definition) is 0. The van der Waals surface area contributed by atoms with Gasteiger partial charge < -0.3 is 13.7 Å². The molecule has 276 valence electrons. The van der Waals surface area contributed by atoms with Gasteiger partial charge in [0.25, 0.3) is 0 Å². The standard InChI is InChI=1S/C56H36N2O/c1-2-14-40(15-3-1)54-47-19-6-8-23-49(47)58-51(54)36-31-41-17-11-22-46(56(41)58)39-29-34-43(35-30-39)57(50-24-12-26-53-55(50)48-20-7-9-25-52(48)59-53)42-32-27-38(28-33-42)45-21-10-16-37-13-4-5-18-44(37)45/h1-36H. The van der Waals surface area contributed by atoms with Crippen molar-refractivity contribution in [3.63, 3.8) is 0 Å². The minimum Gasteiger partial charge on any atom is -0.456 e. The van der Waals surface area contributed by atoms with E-state index in [1.807, 2.05) is 6.07 Å². The second-order valence-electron chi connectivity index (χ2n) is 15.3. The molecule has 0 N–H and O–H groups in total. The number of fused-ring (bicyclic) bond motifs is 9. The minimum absolute atomic E-state index is 0.867. The first-order chi connectivity index (χ1) is 29.3. The summed E-state index contributed by atoms with van der Waals surface area (Å²) in [6.07, 6.45) is 0. The van der Waals surface area contributed by atoms with Gasteiger partial charge in [0.1, 0.15) is 11.2 Å². The summed E-state index contributed by atoms with van der Waals surface area (Å²) in [5, 5.41) is 7.13. The third-order valence-corrected chi connectivity index (χ3v) is 12.0. The van der Waals surface area contributed by atoms with Gasteiger partial charge in [-0.05, 0) is 93.0 Å². The predicted molar refractivity (Wildman–Crippen MR) is 248 cm³/mol. The number of para-hydroxylation sites is 3. The molecule has 3 heteroatoms. The third kappa shape index (κ3) is 5.29. The normalized spacial score (nSPS) is 11.7. The highest BCUT2D eigenvalue weighted by Crippen LogP contribution is 2.45. The Hall–Kier alpha value is -7.88. The van der Waals surface area contributed by atoms with Crippen molar-refractivity contribution in [3.8, 4) is 33.4 Å². The van der Waals surface area contributed by atoms with Crippen LogP contribution in [0.25, 0.3) is 93.4 Å². The Morgan fingerprint density at radius 1 is 0.356 bits per heavy atom. The molecule has 3 heterocycles. The summed E-state index contributed by atoms with van der Waals surface area (Å²) in [5.41, 5.74) is 15.8. The fourth-order valence-corrected chi connectivity index (χ4v) is 9.34. The molecule has 3 aromatic heterocycles. The van der Waals surface area contributed by atoms with Crippen LogP contribution >= 0.6 is 0 Å². The number of nitrogens with zero attached hydrogens (tertiary/aromatic N) is 2. The number of benzene rings is 9. The van der Waals surface area contributed by atoms with Gasteiger partial charge in [0, 0.05) is 33.3 Å². The van der Waals surface area contributed by atoms with Gasteiger partial charge in [-0.1, -0.05) is 164 Å². The molecule has 0 amide bonds. The van der Waals surface area contributed by atoms with E-state index in [-0.39, 0.29) is 0 Å². The van der Waals surface area contributed by atoms with Crippen molar-refractivity contribution in [3.05, 3.63) is 218 Å². The molecular formula is C56H36N2O. The average molecular weight is 753 g/mol. The van der Waals surface area contributed by atoms with E-state index in [2.05, 4.69) is 222 Å². The van der Waals surface area contributed by atoms with Gasteiger partial charge in [-0.25, -0.2) is 0 Å². The lowest BCUT2D eigenvalue weighted by Gasteiger charge is -2.27. The molecule has 0 radical (unpaired) electrons. The van der Waals surface area contributed by atoms with Gasteiger partial charge in [0.2, 0.25) is 0 Å². The van der Waals surface area contributed by atoms with Gasteiger partial charge in [0.05, 0.1) is 27.6 Å². The molecular weight excluding hydrogens is 717 g/mol. The van der Waals surface area contributed by atoms with Crippen LogP contribution in [0.5, 0.6) is 0 Å². The predicted octanol–water partition coefficient (Wildman–Crippen LogP) is 15.8. The summed E-state index contributed by atoms with van der Waals surface area (Å²) in [7, 11) is 0. The van der Waals surface area contributed by atoms with Crippen molar-refractivity contribution >= 4 is 77.1 Å². The summed E-state index contributed by atoms with van der Waals surface area (Å²) >= 11 is 0. The van der Waals surface area contributed by atoms with Gasteiger partial charge in [0.15, 0.2) is 0 Å². The van der Waals surface area contributed by atoms with Crippen molar-refractivity contribution in [2.45, 2.75) is 0 Å². The third-order valence-electron chi connectivity index (χ3n) is 12.0. The molecule has 9 aromatic carbocycles. The molecule has 59 heavy (non-hydrogen) atoms. The molecule has 0 atom stereocenters. The Bertz CT molecular complexity index is 3540. The van der Waals surface area contributed by atoms with E-state index in [9.17, 15) is 0 Å². The molecule has 0 bridgehead atoms. The van der Waals surface area contributed by atoms with Crippen LogP contribution in [0.3, 0.4) is 0 Å². The molecule has 0 fully saturated rings. The summed E-state index contributed by atoms with van der Waals surface area (Å²) in [5.74, 6) is 0. The van der Waals surface area contributed by atoms with Crippen LogP contribution in [0.4, 0.5) is 17.1 Å². The van der Waals surface area contributed by atoms with E-state index < -0.39 is 0 Å². The summed E-state index contributed by atoms with van der Waals surface area (Å²) in [6.45, 7) is 0. The van der Waals surface area contributed by atoms with Crippen molar-refractivity contribution < 1.29 is 4.42 Å². The number of pyridine rings is 1. The monoisotopic (exact) mass is 752 g/mol. The lowest BCUT2D eigenvalue weighted by atomic mass is 9.98. The van der Waals surface area contributed by atoms with Crippen LogP contribution in [0, 0.1) is 0 Å². The van der Waals surface area contributed by atoms with Crippen LogP contribution in [-0.4, -0.2) is 4.40 Å². The van der Waals surface area contributed by atoms with Crippen molar-refractivity contribution in [2.75, 3.05) is 4.90 Å². The molecule has 0 aliphatic carbocycles. The number of furan rings is 1. The van der Waals surface area contributed by atoms with Gasteiger partial charge in [-0.3, -0.25) is 0 Å². The fraction of sp³-hybridized carbons (Fsp3) is 0. The second-order valence-corrected chi connectivity index (χ2v) is 15.3. The van der Waals surface area contributed by atoms with Gasteiger partial charge in [-0.2, -0.15) is 0 Å². The summed E-state index contributed by atoms with van der Waals surface area (Å²) < 4.78 is 8.88. The Morgan fingerprint density at radius 3 is 1.75 bits per heavy atom. The number of anilines is 3. The molecule has 0 aliphatic heterocycles. The van der Waals surface area contributed by atoms with E-state index in [1.54, 1.807) is 0 Å². The first-order valence-electron chi connectivity index (χ1n) is 20.2. The molecule has 0 aliphatic rings. The average Bonchev–Trinajstić information content (AvgIpc) is 3.86. The molecule has 0 saturated carbocycles. The van der Waals surface area contributed by atoms with Crippen LogP contribution in [-0.2, 0) is 0 Å². The minimum atomic E-state index is 0.867. The van der Waals surface area contributed by atoms with E-state index in [4.69, 9.17) is 4.42 Å². The topological polar surface area (TPSA) is 20.8 Å². The molecule has 0 unspecified atom stereocenters. The molecule has 12 rings (SSSR count). The van der Waals surface area contributed by atoms with E-state index >= 15 is 0 Å². The maximum atomic E-state index is 6.42. The van der Waals surface area contributed by atoms with Crippen LogP contribution in [0.15, 0.2) is 223 Å². The van der Waals surface area contributed by atoms with Crippen molar-refractivity contribution in [1.82, 2.24) is 4.40 Å². The Morgan fingerprint density at radius 2 is 0.949 bits per heavy atom. The van der Waals surface area contributed by atoms with Crippen LogP contribution in [0.2, 0.25) is 0 Å². The lowest BCUT2D eigenvalue weighted by Crippen LogP contribution is -2.10. The Balaban J connectivity index is 1.03. The molecule has 0 saturated heterocycles. The molecule has 0 spiro atoms. The first-order valence-corrected chi connectivity index (χ1v) is 20.2. The highest BCUT2D eigenvalue weighted by atomic mass is 16.3. The van der Waals surface area contributed by atoms with Crippen molar-refractivity contribution in [2.24, 2.45) is 0 Å². The lowest BCUT2D eigenvalue weighted by molar-refractivity contribution is 0.669. The number of rotatable bonds is 6. The summed E-state index contributed by atoms with van der Waals surface area (Å²) in [4.78, 5) is 2.37. The number of hydrogen-bond acceptors (Lipinski definition) is 2. The van der Waals surface area contributed by atoms with Crippen LogP contribution < -0.4 is 4.90 Å². The zero-order valence-electron chi connectivity index (χ0n) is 32.1. The fourth-order valence-electron chi connectivity index (χ4n) is 9.34. The molecule has 12 aromatic rings. The van der Waals surface area contributed by atoms with Crippen molar-refractivity contribution in [1.29, 1.82) is 0 Å². The number of aromatic nitrogens is 1. The van der Waals surface area contributed by atoms with Gasteiger partial charge >= 0.3 is 0 Å². The van der Waals surface area contributed by atoms with E-state index in [0.717, 1.165) is 44.6 Å². The van der Waals surface area contributed by atoms with E-state index in [0.29, 0.717) is 0 Å². The Kier molecular flexibility index (Phi) is 7.54. The van der Waals surface area contributed by atoms with Crippen LogP contribution in [0.1, 0.15) is 0 Å². The summed E-state index contributed by atoms with van der Waals surface area (Å²) in [6, 6.07) is 78.7. The maximum absolute atomic E-state index is 6.42. The largest absolute Gasteiger partial charge is 0.456 e. The quantitative estimate of drug-likeness (QED) is 0.169. The second kappa shape index (κ2) is 13.4. The highest BCUT2D eigenvalue weighted by molar-refractivity contribution is 6.14. The first kappa shape index (κ1) is 33.3. The highest BCUT2D eigenvalue weighted by Gasteiger charge is 2.21. The molecule has 3 nitrogen and oxygen atoms in total. The SMILES string of the molecule is c1ccc(-c2c3ccccc3n3c2ccc2cccc(-c4ccc(N(c5ccc(-c6cccc7ccccc67)cc5)c5cccc6oc7ccccc7c56)cc4)c23)cc1. The Labute approximate surface area is 341 Å². The van der Waals surface area contributed by atoms with Gasteiger partial charge in [-0.15, -0.1) is 0 Å². The smallest absolute Gasteiger partial charge is 0.137 e. The zero-order chi connectivity index (χ0) is 38.9.